The second kappa shape index (κ2) is 7.45. The highest BCUT2D eigenvalue weighted by molar-refractivity contribution is 7.94. The van der Waals surface area contributed by atoms with Gasteiger partial charge >= 0.3 is 6.09 Å². The number of hydrogen-bond donors (Lipinski definition) is 0. The molecule has 0 saturated carbocycles. The summed E-state index contributed by atoms with van der Waals surface area (Å²) in [5.41, 5.74) is 1.41. The van der Waals surface area contributed by atoms with Crippen LogP contribution in [0, 0.1) is 0 Å². The van der Waals surface area contributed by atoms with Gasteiger partial charge in [-0.1, -0.05) is 25.5 Å². The van der Waals surface area contributed by atoms with Gasteiger partial charge in [0.15, 0.2) is 0 Å². The lowest BCUT2D eigenvalue weighted by molar-refractivity contribution is 0.164. The van der Waals surface area contributed by atoms with Crippen molar-refractivity contribution >= 4 is 21.8 Å². The lowest BCUT2D eigenvalue weighted by Crippen LogP contribution is -2.41. The highest BCUT2D eigenvalue weighted by Crippen LogP contribution is 2.23. The Morgan fingerprint density at radius 3 is 2.19 bits per heavy atom. The number of carbonyl (C=O) groups excluding carboxylic acids is 1. The van der Waals surface area contributed by atoms with Crippen molar-refractivity contribution in [3.63, 3.8) is 0 Å². The Morgan fingerprint density at radius 2 is 1.76 bits per heavy atom. The van der Waals surface area contributed by atoms with Crippen LogP contribution in [0.1, 0.15) is 39.7 Å². The number of aryl methyl sites for hydroxylation is 1. The molecule has 0 atom stereocenters. The molecule has 0 heterocycles. The van der Waals surface area contributed by atoms with Crippen molar-refractivity contribution in [2.24, 2.45) is 0 Å². The molecule has 1 amide bonds. The molecule has 0 radical (unpaired) electrons. The van der Waals surface area contributed by atoms with E-state index in [0.717, 1.165) is 22.7 Å². The van der Waals surface area contributed by atoms with Crippen LogP contribution in [-0.2, 0) is 21.2 Å². The van der Waals surface area contributed by atoms with Gasteiger partial charge < -0.3 is 4.74 Å². The monoisotopic (exact) mass is 313 g/mol. The fourth-order valence-corrected chi connectivity index (χ4v) is 2.93. The third-order valence-electron chi connectivity index (χ3n) is 2.99. The molecule has 21 heavy (non-hydrogen) atoms. The first-order valence-electron chi connectivity index (χ1n) is 7.14. The van der Waals surface area contributed by atoms with Crippen molar-refractivity contribution in [3.8, 4) is 0 Å². The minimum Gasteiger partial charge on any atom is -0.449 e. The van der Waals surface area contributed by atoms with E-state index in [1.54, 1.807) is 19.1 Å². The van der Waals surface area contributed by atoms with Crippen LogP contribution in [0.25, 0.3) is 0 Å². The maximum absolute atomic E-state index is 12.4. The predicted octanol–water partition coefficient (Wildman–Crippen LogP) is 3.34. The van der Waals surface area contributed by atoms with E-state index in [4.69, 9.17) is 4.74 Å². The summed E-state index contributed by atoms with van der Waals surface area (Å²) in [6.07, 6.45) is 1.05. The maximum Gasteiger partial charge on any atom is 0.428 e. The Kier molecular flexibility index (Phi) is 6.20. The van der Waals surface area contributed by atoms with Gasteiger partial charge in [0.1, 0.15) is 0 Å². The van der Waals surface area contributed by atoms with E-state index in [1.807, 2.05) is 12.1 Å². The fourth-order valence-electron chi connectivity index (χ4n) is 1.84. The number of benzene rings is 1. The number of sulfonamides is 1. The SMILES string of the molecule is CCCc1ccc(N(C(=O)OCC)S(=O)(=O)C(C)C)cc1. The van der Waals surface area contributed by atoms with E-state index in [0.29, 0.717) is 5.69 Å². The average Bonchev–Trinajstić information content (AvgIpc) is 2.41. The molecule has 0 aliphatic heterocycles. The molecular formula is C15H23NO4S. The first-order chi connectivity index (χ1) is 9.84. The molecule has 0 aromatic heterocycles. The molecule has 6 heteroatoms. The minimum absolute atomic E-state index is 0.122. The summed E-state index contributed by atoms with van der Waals surface area (Å²) < 4.78 is 30.4. The van der Waals surface area contributed by atoms with Gasteiger partial charge in [-0.2, -0.15) is 4.31 Å². The van der Waals surface area contributed by atoms with E-state index in [-0.39, 0.29) is 6.61 Å². The molecule has 0 fully saturated rings. The van der Waals surface area contributed by atoms with Gasteiger partial charge in [0, 0.05) is 0 Å². The molecule has 0 N–H and O–H groups in total. The second-order valence-corrected chi connectivity index (χ2v) is 7.31. The van der Waals surface area contributed by atoms with Crippen molar-refractivity contribution < 1.29 is 17.9 Å². The molecule has 0 aliphatic carbocycles. The summed E-state index contributed by atoms with van der Waals surface area (Å²) in [6, 6.07) is 6.95. The van der Waals surface area contributed by atoms with E-state index in [1.165, 1.54) is 13.8 Å². The zero-order valence-electron chi connectivity index (χ0n) is 13.0. The highest BCUT2D eigenvalue weighted by Gasteiger charge is 2.33. The van der Waals surface area contributed by atoms with E-state index in [9.17, 15) is 13.2 Å². The first-order valence-corrected chi connectivity index (χ1v) is 8.64. The summed E-state index contributed by atoms with van der Waals surface area (Å²) >= 11 is 0. The molecule has 0 bridgehead atoms. The summed E-state index contributed by atoms with van der Waals surface area (Å²) in [6.45, 7) is 6.90. The number of anilines is 1. The summed E-state index contributed by atoms with van der Waals surface area (Å²) in [7, 11) is -3.78. The van der Waals surface area contributed by atoms with Gasteiger partial charge in [0.05, 0.1) is 17.5 Å². The Balaban J connectivity index is 3.21. The number of ether oxygens (including phenoxy) is 1. The van der Waals surface area contributed by atoms with Gasteiger partial charge in [-0.25, -0.2) is 13.2 Å². The number of amides is 1. The summed E-state index contributed by atoms with van der Waals surface area (Å²) in [5, 5.41) is -0.711. The van der Waals surface area contributed by atoms with Crippen molar-refractivity contribution in [2.45, 2.75) is 45.8 Å². The minimum atomic E-state index is -3.78. The standard InChI is InChI=1S/C15H23NO4S/c1-5-7-13-8-10-14(11-9-13)16(15(17)20-6-2)21(18,19)12(3)4/h8-12H,5-7H2,1-4H3. The summed E-state index contributed by atoms with van der Waals surface area (Å²) in [5.74, 6) is 0. The molecule has 1 rings (SSSR count). The van der Waals surface area contributed by atoms with Gasteiger partial charge in [0.25, 0.3) is 0 Å². The predicted molar refractivity (Wildman–Crippen MR) is 84.0 cm³/mol. The third-order valence-corrected chi connectivity index (χ3v) is 5.05. The van der Waals surface area contributed by atoms with Crippen molar-refractivity contribution in [3.05, 3.63) is 29.8 Å². The topological polar surface area (TPSA) is 63.7 Å². The van der Waals surface area contributed by atoms with Crippen molar-refractivity contribution in [1.29, 1.82) is 0 Å². The van der Waals surface area contributed by atoms with Crippen LogP contribution in [-0.4, -0.2) is 26.4 Å². The van der Waals surface area contributed by atoms with Crippen LogP contribution in [0.5, 0.6) is 0 Å². The van der Waals surface area contributed by atoms with Crippen LogP contribution in [0.15, 0.2) is 24.3 Å². The molecule has 0 unspecified atom stereocenters. The van der Waals surface area contributed by atoms with Crippen LogP contribution in [0.4, 0.5) is 10.5 Å². The maximum atomic E-state index is 12.4. The molecule has 0 spiro atoms. The fraction of sp³-hybridized carbons (Fsp3) is 0.533. The Morgan fingerprint density at radius 1 is 1.19 bits per heavy atom. The molecule has 1 aromatic carbocycles. The Hall–Kier alpha value is -1.56. The van der Waals surface area contributed by atoms with Crippen LogP contribution in [0.3, 0.4) is 0 Å². The van der Waals surface area contributed by atoms with Crippen molar-refractivity contribution in [2.75, 3.05) is 10.9 Å². The lowest BCUT2D eigenvalue weighted by Gasteiger charge is -2.23. The largest absolute Gasteiger partial charge is 0.449 e. The molecule has 1 aromatic rings. The van der Waals surface area contributed by atoms with Gasteiger partial charge in [0.2, 0.25) is 10.0 Å². The number of rotatable bonds is 6. The van der Waals surface area contributed by atoms with E-state index < -0.39 is 21.4 Å². The normalized spacial score (nSPS) is 11.5. The van der Waals surface area contributed by atoms with E-state index in [2.05, 4.69) is 6.92 Å². The quantitative estimate of drug-likeness (QED) is 0.808. The summed E-state index contributed by atoms with van der Waals surface area (Å²) in [4.78, 5) is 12.0. The number of nitrogens with zero attached hydrogens (tertiary/aromatic N) is 1. The smallest absolute Gasteiger partial charge is 0.428 e. The van der Waals surface area contributed by atoms with Gasteiger partial charge in [-0.3, -0.25) is 0 Å². The lowest BCUT2D eigenvalue weighted by atomic mass is 10.1. The van der Waals surface area contributed by atoms with E-state index >= 15 is 0 Å². The molecule has 0 saturated heterocycles. The van der Waals surface area contributed by atoms with Crippen LogP contribution in [0.2, 0.25) is 0 Å². The molecular weight excluding hydrogens is 290 g/mol. The zero-order valence-corrected chi connectivity index (χ0v) is 13.8. The van der Waals surface area contributed by atoms with Gasteiger partial charge in [-0.05, 0) is 44.9 Å². The van der Waals surface area contributed by atoms with Crippen molar-refractivity contribution in [1.82, 2.24) is 0 Å². The third kappa shape index (κ3) is 4.20. The van der Waals surface area contributed by atoms with Crippen LogP contribution < -0.4 is 4.31 Å². The molecule has 118 valence electrons. The molecule has 0 aliphatic rings. The zero-order chi connectivity index (χ0) is 16.0. The molecule has 5 nitrogen and oxygen atoms in total. The number of hydrogen-bond acceptors (Lipinski definition) is 4. The Labute approximate surface area is 127 Å². The Bertz CT molecular complexity index is 564. The average molecular weight is 313 g/mol. The van der Waals surface area contributed by atoms with Crippen LogP contribution >= 0.6 is 0 Å². The second-order valence-electron chi connectivity index (χ2n) is 4.97. The number of carbonyl (C=O) groups is 1. The highest BCUT2D eigenvalue weighted by atomic mass is 32.2. The van der Waals surface area contributed by atoms with Gasteiger partial charge in [-0.15, -0.1) is 0 Å². The first kappa shape index (κ1) is 17.5.